The van der Waals surface area contributed by atoms with Crippen molar-refractivity contribution >= 4 is 44.6 Å². The molecule has 0 fully saturated rings. The Morgan fingerprint density at radius 2 is 1.17 bits per heavy atom. The Hall–Kier alpha value is -5.64. The van der Waals surface area contributed by atoms with Crippen molar-refractivity contribution in [2.24, 2.45) is 0 Å². The molecule has 0 aliphatic carbocycles. The van der Waals surface area contributed by atoms with E-state index in [4.69, 9.17) is 9.72 Å². The first-order valence-electron chi connectivity index (χ1n) is 24.6. The van der Waals surface area contributed by atoms with Gasteiger partial charge in [0.05, 0.1) is 0 Å². The number of anilines is 4. The van der Waals surface area contributed by atoms with Gasteiger partial charge < -0.3 is 19.1 Å². The van der Waals surface area contributed by atoms with Gasteiger partial charge in [-0.25, -0.2) is 4.98 Å². The van der Waals surface area contributed by atoms with Crippen molar-refractivity contribution < 1.29 is 25.8 Å². The van der Waals surface area contributed by atoms with Crippen LogP contribution in [0.1, 0.15) is 155 Å². The summed E-state index contributed by atoms with van der Waals surface area (Å²) in [5.74, 6) is 3.24. The molecule has 0 saturated carbocycles. The first kappa shape index (κ1) is 49.8. The maximum atomic E-state index is 6.95. The van der Waals surface area contributed by atoms with Gasteiger partial charge in [-0.1, -0.05) is 158 Å². The molecule has 0 saturated heterocycles. The van der Waals surface area contributed by atoms with E-state index >= 15 is 0 Å². The Labute approximate surface area is 427 Å². The molecule has 6 heteroatoms. The van der Waals surface area contributed by atoms with Crippen LogP contribution < -0.4 is 14.5 Å². The number of para-hydroxylation sites is 2. The van der Waals surface area contributed by atoms with Crippen LogP contribution in [-0.4, -0.2) is 9.55 Å². The second-order valence-corrected chi connectivity index (χ2v) is 23.0. The zero-order chi connectivity index (χ0) is 48.6. The van der Waals surface area contributed by atoms with Crippen LogP contribution >= 0.6 is 0 Å². The van der Waals surface area contributed by atoms with Gasteiger partial charge in [-0.2, -0.15) is 6.07 Å². The predicted molar refractivity (Wildman–Crippen MR) is 288 cm³/mol. The standard InChI is InChI=1S/C63H69N4O.Pt/c1-39(2)43-29-53(40(3)4)60(54(30-43)41(5)6)42-27-28-64-59(31-42)67-57-35-45(62(10,11)12)23-25-51(57)52-26-24-49(37-58(52)67)68-50-34-46(63(13,14)15)33-48(36-50)66-38-65(55-21-16-17-22-56(55)66)47-20-18-19-44(32-47)61(7,8)9;/h16-35,38-41H,1-15H3;/q-3;. The first-order chi connectivity index (χ1) is 32.1. The van der Waals surface area contributed by atoms with Gasteiger partial charge in [-0.15, -0.1) is 53.6 Å². The fourth-order valence-electron chi connectivity index (χ4n) is 9.57. The molecule has 3 heterocycles. The Morgan fingerprint density at radius 3 is 1.80 bits per heavy atom. The van der Waals surface area contributed by atoms with E-state index in [0.29, 0.717) is 29.3 Å². The van der Waals surface area contributed by atoms with Crippen molar-refractivity contribution in [2.45, 2.75) is 138 Å². The van der Waals surface area contributed by atoms with E-state index in [1.165, 1.54) is 38.9 Å². The van der Waals surface area contributed by atoms with E-state index < -0.39 is 0 Å². The third kappa shape index (κ3) is 9.66. The number of nitrogens with zero attached hydrogens (tertiary/aromatic N) is 4. The fourth-order valence-corrected chi connectivity index (χ4v) is 9.57. The van der Waals surface area contributed by atoms with Crippen LogP contribution in [0.2, 0.25) is 0 Å². The molecule has 0 spiro atoms. The summed E-state index contributed by atoms with van der Waals surface area (Å²) in [4.78, 5) is 9.67. The van der Waals surface area contributed by atoms with Gasteiger partial charge in [0.1, 0.15) is 5.82 Å². The Morgan fingerprint density at radius 1 is 0.551 bits per heavy atom. The number of fused-ring (bicyclic) bond motifs is 4. The molecule has 2 aromatic heterocycles. The zero-order valence-electron chi connectivity index (χ0n) is 43.4. The number of hydrogen-bond donors (Lipinski definition) is 0. The van der Waals surface area contributed by atoms with Crippen LogP contribution in [0.15, 0.2) is 121 Å². The predicted octanol–water partition coefficient (Wildman–Crippen LogP) is 17.9. The third-order valence-corrected chi connectivity index (χ3v) is 13.7. The molecule has 5 nitrogen and oxygen atoms in total. The summed E-state index contributed by atoms with van der Waals surface area (Å²) in [7, 11) is 0. The molecule has 0 N–H and O–H groups in total. The Kier molecular flexibility index (Phi) is 13.4. The van der Waals surface area contributed by atoms with Crippen molar-refractivity contribution in [3.8, 4) is 28.4 Å². The summed E-state index contributed by atoms with van der Waals surface area (Å²) in [6.07, 6.45) is 1.98. The average molecular weight is 1090 g/mol. The minimum atomic E-state index is -0.163. The van der Waals surface area contributed by atoms with Gasteiger partial charge in [0.2, 0.25) is 0 Å². The molecule has 9 rings (SSSR count). The minimum absolute atomic E-state index is 0. The van der Waals surface area contributed by atoms with E-state index in [0.717, 1.165) is 55.9 Å². The van der Waals surface area contributed by atoms with Crippen LogP contribution in [0.25, 0.3) is 38.8 Å². The van der Waals surface area contributed by atoms with Crippen LogP contribution in [0.5, 0.6) is 11.5 Å². The van der Waals surface area contributed by atoms with Crippen molar-refractivity contribution in [1.29, 1.82) is 0 Å². The topological polar surface area (TPSA) is 33.5 Å². The van der Waals surface area contributed by atoms with Gasteiger partial charge in [0, 0.05) is 61.3 Å². The van der Waals surface area contributed by atoms with Gasteiger partial charge in [0.15, 0.2) is 0 Å². The van der Waals surface area contributed by atoms with Crippen LogP contribution in [0.4, 0.5) is 22.7 Å². The smallest absolute Gasteiger partial charge is 0.136 e. The number of aromatic nitrogens is 2. The van der Waals surface area contributed by atoms with Crippen LogP contribution in [-0.2, 0) is 37.3 Å². The fraction of sp³-hybridized carbons (Fsp3) is 0.333. The van der Waals surface area contributed by atoms with Crippen molar-refractivity contribution in [1.82, 2.24) is 9.55 Å². The quantitative estimate of drug-likeness (QED) is 0.135. The second kappa shape index (κ2) is 18.6. The number of benzene rings is 6. The van der Waals surface area contributed by atoms with Gasteiger partial charge in [0.25, 0.3) is 0 Å². The molecule has 8 aromatic rings. The van der Waals surface area contributed by atoms with E-state index in [2.05, 4.69) is 246 Å². The zero-order valence-corrected chi connectivity index (χ0v) is 45.6. The van der Waals surface area contributed by atoms with Crippen LogP contribution in [0.3, 0.4) is 0 Å². The maximum Gasteiger partial charge on any atom is 0.136 e. The summed E-state index contributed by atoms with van der Waals surface area (Å²) in [6.45, 7) is 36.4. The molecule has 0 atom stereocenters. The average Bonchev–Trinajstić information content (AvgIpc) is 3.83. The largest absolute Gasteiger partial charge is 0.509 e. The van der Waals surface area contributed by atoms with Gasteiger partial charge >= 0.3 is 0 Å². The molecule has 1 aliphatic heterocycles. The SMILES string of the molecule is CC(C)c1cc(C(C)C)c(-c2ccnc(-n3c4[c-]c(Oc5[c-]c(N6[CH-]N(c7cccc(C(C)(C)C)c7)c7ccccc76)cc(C(C)(C)C)c5)ccc4c4ccc(C(C)(C)C)cc43)c2)c(C(C)C)c1.[Pt]. The molecule has 6 aromatic carbocycles. The van der Waals surface area contributed by atoms with E-state index in [1.807, 2.05) is 12.3 Å². The number of rotatable bonds is 9. The van der Waals surface area contributed by atoms with Gasteiger partial charge in [-0.3, -0.25) is 0 Å². The summed E-state index contributed by atoms with van der Waals surface area (Å²) in [6, 6.07) is 49.8. The van der Waals surface area contributed by atoms with Gasteiger partial charge in [-0.05, 0) is 121 Å². The summed E-state index contributed by atoms with van der Waals surface area (Å²) < 4.78 is 9.24. The van der Waals surface area contributed by atoms with E-state index in [-0.39, 0.29) is 37.3 Å². The first-order valence-corrected chi connectivity index (χ1v) is 24.6. The normalized spacial score (nSPS) is 13.3. The van der Waals surface area contributed by atoms with Crippen LogP contribution in [0, 0.1) is 18.8 Å². The number of hydrogen-bond acceptors (Lipinski definition) is 4. The minimum Gasteiger partial charge on any atom is -0.509 e. The van der Waals surface area contributed by atoms with Crippen molar-refractivity contribution in [3.63, 3.8) is 0 Å². The molecule has 0 radical (unpaired) electrons. The van der Waals surface area contributed by atoms with Crippen molar-refractivity contribution in [2.75, 3.05) is 9.80 Å². The summed E-state index contributed by atoms with van der Waals surface area (Å²) in [5.41, 5.74) is 16.4. The van der Waals surface area contributed by atoms with Crippen molar-refractivity contribution in [3.05, 3.63) is 174 Å². The molecular weight excluding hydrogens is 1020 g/mol. The molecule has 69 heavy (non-hydrogen) atoms. The van der Waals surface area contributed by atoms with E-state index in [1.54, 1.807) is 0 Å². The summed E-state index contributed by atoms with van der Waals surface area (Å²) in [5, 5.41) is 2.25. The Balaban J connectivity index is 0.00000642. The molecule has 1 aliphatic rings. The summed E-state index contributed by atoms with van der Waals surface area (Å²) >= 11 is 0. The molecule has 0 bridgehead atoms. The Bertz CT molecular complexity index is 3160. The molecular formula is C63H69N4OPt-3. The van der Waals surface area contributed by atoms with E-state index in [9.17, 15) is 0 Å². The second-order valence-electron chi connectivity index (χ2n) is 23.0. The molecule has 0 unspecified atom stereocenters. The third-order valence-electron chi connectivity index (χ3n) is 13.7. The number of pyridine rings is 1. The maximum absolute atomic E-state index is 6.95. The molecule has 360 valence electrons. The number of ether oxygens (including phenoxy) is 1. The molecule has 0 amide bonds. The monoisotopic (exact) mass is 1090 g/mol.